The highest BCUT2D eigenvalue weighted by Crippen LogP contribution is 2.33. The van der Waals surface area contributed by atoms with Crippen molar-refractivity contribution in [2.75, 3.05) is 5.73 Å². The highest BCUT2D eigenvalue weighted by atomic mass is 15.1. The zero-order valence-corrected chi connectivity index (χ0v) is 16.0. The van der Waals surface area contributed by atoms with Crippen LogP contribution < -0.4 is 5.73 Å². The molecule has 2 N–H and O–H groups in total. The lowest BCUT2D eigenvalue weighted by atomic mass is 9.99. The molecule has 136 valence electrons. The molecular weight excluding hydrogens is 332 g/mol. The number of aromatic nitrogens is 3. The number of fused-ring (bicyclic) bond motifs is 1. The van der Waals surface area contributed by atoms with Gasteiger partial charge in [-0.05, 0) is 44.0 Å². The van der Waals surface area contributed by atoms with Crippen molar-refractivity contribution in [2.24, 2.45) is 0 Å². The molecule has 3 aromatic heterocycles. The molecule has 4 aromatic rings. The van der Waals surface area contributed by atoms with E-state index < -0.39 is 0 Å². The molecule has 1 aromatic carbocycles. The topological polar surface area (TPSA) is 56.7 Å². The van der Waals surface area contributed by atoms with E-state index in [4.69, 9.17) is 10.7 Å². The SMILES string of the molecule is Cc1nc2c(c(C)c(C)n2Cc2ccccn2)c(N)c1Cc1ccccc1. The molecule has 0 amide bonds. The number of hydrogen-bond acceptors (Lipinski definition) is 3. The van der Waals surface area contributed by atoms with Gasteiger partial charge in [0, 0.05) is 40.6 Å². The van der Waals surface area contributed by atoms with E-state index in [9.17, 15) is 0 Å². The quantitative estimate of drug-likeness (QED) is 0.582. The number of benzene rings is 1. The largest absolute Gasteiger partial charge is 0.398 e. The van der Waals surface area contributed by atoms with Crippen molar-refractivity contribution in [3.63, 3.8) is 0 Å². The van der Waals surface area contributed by atoms with Crippen molar-refractivity contribution in [3.05, 3.63) is 88.5 Å². The molecule has 0 aliphatic rings. The fraction of sp³-hybridized carbons (Fsp3) is 0.217. The molecule has 27 heavy (non-hydrogen) atoms. The van der Waals surface area contributed by atoms with E-state index >= 15 is 0 Å². The smallest absolute Gasteiger partial charge is 0.143 e. The van der Waals surface area contributed by atoms with Gasteiger partial charge in [-0.2, -0.15) is 0 Å². The van der Waals surface area contributed by atoms with Crippen molar-refractivity contribution in [1.82, 2.24) is 14.5 Å². The molecule has 0 aliphatic carbocycles. The summed E-state index contributed by atoms with van der Waals surface area (Å²) in [5, 5.41) is 1.07. The highest BCUT2D eigenvalue weighted by molar-refractivity contribution is 5.95. The lowest BCUT2D eigenvalue weighted by Gasteiger charge is -2.13. The number of anilines is 1. The number of nitrogens with zero attached hydrogens (tertiary/aromatic N) is 3. The summed E-state index contributed by atoms with van der Waals surface area (Å²) in [4.78, 5) is 9.44. The van der Waals surface area contributed by atoms with Crippen LogP contribution in [-0.2, 0) is 13.0 Å². The van der Waals surface area contributed by atoms with Crippen LogP contribution in [0.5, 0.6) is 0 Å². The fourth-order valence-electron chi connectivity index (χ4n) is 3.73. The molecular formula is C23H24N4. The molecule has 0 fully saturated rings. The Morgan fingerprint density at radius 2 is 1.70 bits per heavy atom. The summed E-state index contributed by atoms with van der Waals surface area (Å²) in [5.74, 6) is 0. The molecule has 0 atom stereocenters. The van der Waals surface area contributed by atoms with Crippen LogP contribution in [0, 0.1) is 20.8 Å². The van der Waals surface area contributed by atoms with Gasteiger partial charge < -0.3 is 10.3 Å². The zero-order chi connectivity index (χ0) is 19.0. The van der Waals surface area contributed by atoms with E-state index in [2.05, 4.69) is 54.6 Å². The molecule has 4 heteroatoms. The van der Waals surface area contributed by atoms with Gasteiger partial charge in [-0.25, -0.2) is 4.98 Å². The van der Waals surface area contributed by atoms with Gasteiger partial charge in [-0.15, -0.1) is 0 Å². The Hall–Kier alpha value is -3.14. The predicted molar refractivity (Wildman–Crippen MR) is 111 cm³/mol. The van der Waals surface area contributed by atoms with Crippen molar-refractivity contribution < 1.29 is 0 Å². The van der Waals surface area contributed by atoms with Gasteiger partial charge in [0.25, 0.3) is 0 Å². The maximum absolute atomic E-state index is 6.68. The van der Waals surface area contributed by atoms with Gasteiger partial charge in [-0.3, -0.25) is 4.98 Å². The van der Waals surface area contributed by atoms with Crippen LogP contribution in [0.2, 0.25) is 0 Å². The summed E-state index contributed by atoms with van der Waals surface area (Å²) < 4.78 is 2.22. The van der Waals surface area contributed by atoms with E-state index in [1.807, 2.05) is 30.5 Å². The summed E-state index contributed by atoms with van der Waals surface area (Å²) >= 11 is 0. The Labute approximate surface area is 159 Å². The van der Waals surface area contributed by atoms with E-state index in [0.29, 0.717) is 6.54 Å². The van der Waals surface area contributed by atoms with Crippen molar-refractivity contribution in [2.45, 2.75) is 33.7 Å². The normalized spacial score (nSPS) is 11.2. The Morgan fingerprint density at radius 3 is 2.41 bits per heavy atom. The molecule has 3 heterocycles. The summed E-state index contributed by atoms with van der Waals surface area (Å²) in [6, 6.07) is 16.4. The lowest BCUT2D eigenvalue weighted by Crippen LogP contribution is -2.07. The third kappa shape index (κ3) is 3.08. The third-order valence-electron chi connectivity index (χ3n) is 5.38. The van der Waals surface area contributed by atoms with Crippen molar-refractivity contribution in [3.8, 4) is 0 Å². The summed E-state index contributed by atoms with van der Waals surface area (Å²) in [6.45, 7) is 7.01. The van der Waals surface area contributed by atoms with Gasteiger partial charge in [0.2, 0.25) is 0 Å². The number of aryl methyl sites for hydroxylation is 2. The van der Waals surface area contributed by atoms with Crippen LogP contribution in [-0.4, -0.2) is 14.5 Å². The van der Waals surface area contributed by atoms with E-state index in [1.165, 1.54) is 16.8 Å². The Bertz CT molecular complexity index is 1100. The Kier molecular flexibility index (Phi) is 4.40. The van der Waals surface area contributed by atoms with Gasteiger partial charge >= 0.3 is 0 Å². The second-order valence-corrected chi connectivity index (χ2v) is 7.07. The first-order valence-electron chi connectivity index (χ1n) is 9.24. The van der Waals surface area contributed by atoms with Gasteiger partial charge in [-0.1, -0.05) is 36.4 Å². The fourth-order valence-corrected chi connectivity index (χ4v) is 3.73. The third-order valence-corrected chi connectivity index (χ3v) is 5.38. The van der Waals surface area contributed by atoms with Crippen molar-refractivity contribution in [1.29, 1.82) is 0 Å². The number of nitrogen functional groups attached to an aromatic ring is 1. The number of nitrogens with two attached hydrogens (primary N) is 1. The maximum Gasteiger partial charge on any atom is 0.143 e. The average Bonchev–Trinajstić information content (AvgIpc) is 2.91. The Morgan fingerprint density at radius 1 is 0.963 bits per heavy atom. The predicted octanol–water partition coefficient (Wildman–Crippen LogP) is 4.58. The van der Waals surface area contributed by atoms with Crippen LogP contribution in [0.4, 0.5) is 5.69 Å². The molecule has 0 bridgehead atoms. The number of rotatable bonds is 4. The summed E-state index contributed by atoms with van der Waals surface area (Å²) in [6.07, 6.45) is 2.62. The summed E-state index contributed by atoms with van der Waals surface area (Å²) in [5.41, 5.74) is 15.2. The first-order chi connectivity index (χ1) is 13.1. The minimum Gasteiger partial charge on any atom is -0.398 e. The molecule has 0 spiro atoms. The van der Waals surface area contributed by atoms with Crippen LogP contribution in [0.1, 0.15) is 33.8 Å². The monoisotopic (exact) mass is 356 g/mol. The maximum atomic E-state index is 6.68. The standard InChI is InChI=1S/C23H24N4/c1-15-17(3)27(14-19-11-7-8-12-25-19)23-21(15)22(24)20(16(2)26-23)13-18-9-5-4-6-10-18/h4-12H,13-14H2,1-3H3,(H2,24,26). The molecule has 4 rings (SSSR count). The molecule has 0 saturated carbocycles. The second-order valence-electron chi connectivity index (χ2n) is 7.07. The number of hydrogen-bond donors (Lipinski definition) is 1. The average molecular weight is 356 g/mol. The second kappa shape index (κ2) is 6.88. The van der Waals surface area contributed by atoms with E-state index in [0.717, 1.165) is 40.1 Å². The van der Waals surface area contributed by atoms with Crippen molar-refractivity contribution >= 4 is 16.7 Å². The molecule has 0 saturated heterocycles. The first kappa shape index (κ1) is 17.3. The molecule has 4 nitrogen and oxygen atoms in total. The number of pyridine rings is 2. The lowest BCUT2D eigenvalue weighted by molar-refractivity contribution is 0.767. The first-order valence-corrected chi connectivity index (χ1v) is 9.24. The highest BCUT2D eigenvalue weighted by Gasteiger charge is 2.19. The summed E-state index contributed by atoms with van der Waals surface area (Å²) in [7, 11) is 0. The van der Waals surface area contributed by atoms with E-state index in [-0.39, 0.29) is 0 Å². The van der Waals surface area contributed by atoms with Crippen LogP contribution >= 0.6 is 0 Å². The van der Waals surface area contributed by atoms with E-state index in [1.54, 1.807) is 0 Å². The molecule has 0 radical (unpaired) electrons. The van der Waals surface area contributed by atoms with Gasteiger partial charge in [0.1, 0.15) is 5.65 Å². The zero-order valence-electron chi connectivity index (χ0n) is 16.0. The minimum atomic E-state index is 0.695. The van der Waals surface area contributed by atoms with Gasteiger partial charge in [0.05, 0.1) is 12.2 Å². The van der Waals surface area contributed by atoms with Crippen LogP contribution in [0.15, 0.2) is 54.7 Å². The molecule has 0 aliphatic heterocycles. The van der Waals surface area contributed by atoms with Gasteiger partial charge in [0.15, 0.2) is 0 Å². The van der Waals surface area contributed by atoms with Crippen LogP contribution in [0.3, 0.4) is 0 Å². The Balaban J connectivity index is 1.85. The van der Waals surface area contributed by atoms with Crippen LogP contribution in [0.25, 0.3) is 11.0 Å². The molecule has 0 unspecified atom stereocenters. The minimum absolute atomic E-state index is 0.695.